The zero-order valence-corrected chi connectivity index (χ0v) is 12.7. The summed E-state index contributed by atoms with van der Waals surface area (Å²) in [6, 6.07) is 22.8. The topological polar surface area (TPSA) is 9.23 Å². The lowest BCUT2D eigenvalue weighted by atomic mass is 10.0. The molecule has 0 aliphatic heterocycles. The van der Waals surface area contributed by atoms with Gasteiger partial charge in [-0.2, -0.15) is 0 Å². The standard InChI is InChI=1S/C19H17ClO/c1-21-19-9-5-4-8-17(19)13-18(20)16-11-10-14-6-2-3-7-15(14)12-16/h2-12,18H,13H2,1H3. The average Bonchev–Trinajstić information content (AvgIpc) is 2.55. The smallest absolute Gasteiger partial charge is 0.122 e. The summed E-state index contributed by atoms with van der Waals surface area (Å²) in [7, 11) is 1.69. The molecule has 0 aliphatic carbocycles. The minimum absolute atomic E-state index is 0.0640. The molecular weight excluding hydrogens is 280 g/mol. The van der Waals surface area contributed by atoms with Gasteiger partial charge in [0.15, 0.2) is 0 Å². The third kappa shape index (κ3) is 3.03. The highest BCUT2D eigenvalue weighted by Crippen LogP contribution is 2.30. The molecule has 0 radical (unpaired) electrons. The van der Waals surface area contributed by atoms with E-state index in [1.165, 1.54) is 10.8 Å². The van der Waals surface area contributed by atoms with Crippen molar-refractivity contribution in [3.63, 3.8) is 0 Å². The minimum atomic E-state index is -0.0640. The molecule has 0 fully saturated rings. The van der Waals surface area contributed by atoms with Gasteiger partial charge in [-0.1, -0.05) is 54.6 Å². The van der Waals surface area contributed by atoms with Crippen LogP contribution in [0.1, 0.15) is 16.5 Å². The molecule has 3 aromatic rings. The summed E-state index contributed by atoms with van der Waals surface area (Å²) < 4.78 is 5.39. The van der Waals surface area contributed by atoms with E-state index in [2.05, 4.69) is 48.5 Å². The fraction of sp³-hybridized carbons (Fsp3) is 0.158. The molecule has 21 heavy (non-hydrogen) atoms. The van der Waals surface area contributed by atoms with E-state index in [1.54, 1.807) is 7.11 Å². The van der Waals surface area contributed by atoms with Crippen molar-refractivity contribution >= 4 is 22.4 Å². The van der Waals surface area contributed by atoms with Crippen LogP contribution in [0.5, 0.6) is 5.75 Å². The molecule has 1 unspecified atom stereocenters. The Bertz CT molecular complexity index is 751. The van der Waals surface area contributed by atoms with Crippen LogP contribution in [0.25, 0.3) is 10.8 Å². The molecule has 0 N–H and O–H groups in total. The maximum atomic E-state index is 6.61. The molecule has 3 aromatic carbocycles. The molecule has 0 spiro atoms. The van der Waals surface area contributed by atoms with E-state index in [-0.39, 0.29) is 5.38 Å². The van der Waals surface area contributed by atoms with E-state index >= 15 is 0 Å². The maximum Gasteiger partial charge on any atom is 0.122 e. The van der Waals surface area contributed by atoms with Crippen molar-refractivity contribution in [2.75, 3.05) is 7.11 Å². The second-order valence-corrected chi connectivity index (χ2v) is 5.62. The van der Waals surface area contributed by atoms with Crippen LogP contribution in [0, 0.1) is 0 Å². The molecule has 3 rings (SSSR count). The zero-order chi connectivity index (χ0) is 14.7. The zero-order valence-electron chi connectivity index (χ0n) is 11.9. The number of hydrogen-bond acceptors (Lipinski definition) is 1. The van der Waals surface area contributed by atoms with Crippen LogP contribution in [0.15, 0.2) is 66.7 Å². The Morgan fingerprint density at radius 2 is 1.62 bits per heavy atom. The molecule has 0 bridgehead atoms. The van der Waals surface area contributed by atoms with Crippen molar-refractivity contribution in [1.82, 2.24) is 0 Å². The van der Waals surface area contributed by atoms with E-state index in [0.29, 0.717) is 0 Å². The lowest BCUT2D eigenvalue weighted by Crippen LogP contribution is -1.98. The van der Waals surface area contributed by atoms with E-state index in [4.69, 9.17) is 16.3 Å². The normalized spacial score (nSPS) is 12.3. The van der Waals surface area contributed by atoms with E-state index in [0.717, 1.165) is 23.3 Å². The van der Waals surface area contributed by atoms with Gasteiger partial charge >= 0.3 is 0 Å². The van der Waals surface area contributed by atoms with Crippen molar-refractivity contribution in [1.29, 1.82) is 0 Å². The van der Waals surface area contributed by atoms with Crippen molar-refractivity contribution in [3.05, 3.63) is 77.9 Å². The highest BCUT2D eigenvalue weighted by atomic mass is 35.5. The van der Waals surface area contributed by atoms with Crippen LogP contribution in [-0.4, -0.2) is 7.11 Å². The van der Waals surface area contributed by atoms with Gasteiger partial charge in [-0.05, 0) is 40.5 Å². The lowest BCUT2D eigenvalue weighted by molar-refractivity contribution is 0.409. The Morgan fingerprint density at radius 3 is 2.43 bits per heavy atom. The molecule has 106 valence electrons. The molecule has 1 nitrogen and oxygen atoms in total. The van der Waals surface area contributed by atoms with Crippen LogP contribution in [0.3, 0.4) is 0 Å². The van der Waals surface area contributed by atoms with Gasteiger partial charge in [0.2, 0.25) is 0 Å². The van der Waals surface area contributed by atoms with Gasteiger partial charge in [0, 0.05) is 0 Å². The Morgan fingerprint density at radius 1 is 0.905 bits per heavy atom. The fourth-order valence-electron chi connectivity index (χ4n) is 2.59. The molecular formula is C19H17ClO. The molecule has 1 atom stereocenters. The predicted molar refractivity (Wildman–Crippen MR) is 89.2 cm³/mol. The number of rotatable bonds is 4. The minimum Gasteiger partial charge on any atom is -0.496 e. The second-order valence-electron chi connectivity index (χ2n) is 5.09. The first-order valence-electron chi connectivity index (χ1n) is 7.02. The summed E-state index contributed by atoms with van der Waals surface area (Å²) in [6.45, 7) is 0. The largest absolute Gasteiger partial charge is 0.496 e. The number of methoxy groups -OCH3 is 1. The summed E-state index contributed by atoms with van der Waals surface area (Å²) in [4.78, 5) is 0. The molecule has 0 aromatic heterocycles. The van der Waals surface area contributed by atoms with Crippen LogP contribution in [0.2, 0.25) is 0 Å². The number of alkyl halides is 1. The maximum absolute atomic E-state index is 6.61. The summed E-state index contributed by atoms with van der Waals surface area (Å²) in [5.74, 6) is 0.893. The summed E-state index contributed by atoms with van der Waals surface area (Å²) in [6.07, 6.45) is 0.754. The van der Waals surface area contributed by atoms with E-state index in [1.807, 2.05) is 18.2 Å². The Hall–Kier alpha value is -1.99. The van der Waals surface area contributed by atoms with Crippen molar-refractivity contribution in [2.24, 2.45) is 0 Å². The quantitative estimate of drug-likeness (QED) is 0.588. The van der Waals surface area contributed by atoms with Gasteiger partial charge < -0.3 is 4.74 Å². The van der Waals surface area contributed by atoms with E-state index < -0.39 is 0 Å². The van der Waals surface area contributed by atoms with Crippen molar-refractivity contribution in [2.45, 2.75) is 11.8 Å². The number of halogens is 1. The van der Waals surface area contributed by atoms with Gasteiger partial charge in [0.05, 0.1) is 12.5 Å². The number of ether oxygens (including phenoxy) is 1. The average molecular weight is 297 g/mol. The third-order valence-corrected chi connectivity index (χ3v) is 4.13. The van der Waals surface area contributed by atoms with Crippen molar-refractivity contribution in [3.8, 4) is 5.75 Å². The molecule has 0 heterocycles. The second kappa shape index (κ2) is 6.19. The van der Waals surface area contributed by atoms with Crippen LogP contribution < -0.4 is 4.74 Å². The lowest BCUT2D eigenvalue weighted by Gasteiger charge is -2.13. The van der Waals surface area contributed by atoms with Crippen molar-refractivity contribution < 1.29 is 4.74 Å². The fourth-order valence-corrected chi connectivity index (χ4v) is 2.89. The summed E-state index contributed by atoms with van der Waals surface area (Å²) >= 11 is 6.61. The Balaban J connectivity index is 1.88. The van der Waals surface area contributed by atoms with E-state index in [9.17, 15) is 0 Å². The molecule has 0 amide bonds. The monoisotopic (exact) mass is 296 g/mol. The number of fused-ring (bicyclic) bond motifs is 1. The Kier molecular flexibility index (Phi) is 4.12. The highest BCUT2D eigenvalue weighted by Gasteiger charge is 2.12. The van der Waals surface area contributed by atoms with Crippen LogP contribution >= 0.6 is 11.6 Å². The number of benzene rings is 3. The number of hydrogen-bond donors (Lipinski definition) is 0. The van der Waals surface area contributed by atoms with Gasteiger partial charge in [0.1, 0.15) is 5.75 Å². The van der Waals surface area contributed by atoms with Crippen LogP contribution in [0.4, 0.5) is 0 Å². The molecule has 0 aliphatic rings. The summed E-state index contributed by atoms with van der Waals surface area (Å²) in [5.41, 5.74) is 2.27. The Labute approximate surface area is 130 Å². The van der Waals surface area contributed by atoms with Gasteiger partial charge in [-0.25, -0.2) is 0 Å². The first-order chi connectivity index (χ1) is 10.3. The summed E-state index contributed by atoms with van der Waals surface area (Å²) in [5, 5.41) is 2.40. The van der Waals surface area contributed by atoms with Gasteiger partial charge in [-0.15, -0.1) is 11.6 Å². The molecule has 0 saturated heterocycles. The third-order valence-electron chi connectivity index (χ3n) is 3.73. The highest BCUT2D eigenvalue weighted by molar-refractivity contribution is 6.21. The molecule has 0 saturated carbocycles. The first-order valence-corrected chi connectivity index (χ1v) is 7.46. The SMILES string of the molecule is COc1ccccc1CC(Cl)c1ccc2ccccc2c1. The number of para-hydroxylation sites is 1. The van der Waals surface area contributed by atoms with Gasteiger partial charge in [-0.3, -0.25) is 0 Å². The molecule has 2 heteroatoms. The predicted octanol–water partition coefficient (Wildman–Crippen LogP) is 5.37. The van der Waals surface area contributed by atoms with Gasteiger partial charge in [0.25, 0.3) is 0 Å². The van der Waals surface area contributed by atoms with Crippen LogP contribution in [-0.2, 0) is 6.42 Å². The first kappa shape index (κ1) is 14.0.